The molecule has 68 valence electrons. The van der Waals surface area contributed by atoms with Crippen molar-refractivity contribution in [1.29, 1.82) is 0 Å². The molecule has 3 rings (SSSR count). The molecule has 1 spiro atoms. The van der Waals surface area contributed by atoms with Crippen LogP contribution in [0.25, 0.3) is 0 Å². The maximum absolute atomic E-state index is 12.0. The summed E-state index contributed by atoms with van der Waals surface area (Å²) in [5.41, 5.74) is 2.54. The van der Waals surface area contributed by atoms with E-state index in [4.69, 9.17) is 0 Å². The molecular formula is C11H12OS. The molecule has 0 bridgehead atoms. The molecule has 1 heterocycles. The number of rotatable bonds is 0. The van der Waals surface area contributed by atoms with Gasteiger partial charge in [-0.15, -0.1) is 11.3 Å². The first-order chi connectivity index (χ1) is 6.14. The van der Waals surface area contributed by atoms with E-state index in [1.54, 1.807) is 11.3 Å². The number of carbonyl (C=O) groups is 1. The fourth-order valence-electron chi connectivity index (χ4n) is 2.48. The van der Waals surface area contributed by atoms with Crippen LogP contribution in [0.2, 0.25) is 0 Å². The topological polar surface area (TPSA) is 17.1 Å². The van der Waals surface area contributed by atoms with Crippen LogP contribution in [0.1, 0.15) is 38.5 Å². The number of ketones is 1. The van der Waals surface area contributed by atoms with Gasteiger partial charge in [0.05, 0.1) is 0 Å². The molecule has 2 aliphatic rings. The third kappa shape index (κ3) is 0.798. The molecule has 1 aromatic heterocycles. The number of fused-ring (bicyclic) bond motifs is 1. The summed E-state index contributed by atoms with van der Waals surface area (Å²) in [4.78, 5) is 14.6. The van der Waals surface area contributed by atoms with Crippen molar-refractivity contribution in [3.63, 3.8) is 0 Å². The summed E-state index contributed by atoms with van der Waals surface area (Å²) >= 11 is 1.78. The summed E-state index contributed by atoms with van der Waals surface area (Å²) in [7, 11) is 0. The summed E-state index contributed by atoms with van der Waals surface area (Å²) in [5, 5.41) is 0. The normalized spacial score (nSPS) is 22.5. The van der Waals surface area contributed by atoms with Gasteiger partial charge in [-0.2, -0.15) is 0 Å². The van der Waals surface area contributed by atoms with Gasteiger partial charge < -0.3 is 0 Å². The second-order valence-electron chi connectivity index (χ2n) is 4.35. The Kier molecular flexibility index (Phi) is 1.23. The summed E-state index contributed by atoms with van der Waals surface area (Å²) < 4.78 is 0. The molecule has 2 aliphatic carbocycles. The summed E-state index contributed by atoms with van der Waals surface area (Å²) in [5.74, 6) is 0.448. The lowest BCUT2D eigenvalue weighted by Crippen LogP contribution is -2.09. The lowest BCUT2D eigenvalue weighted by Gasteiger charge is -2.01. The van der Waals surface area contributed by atoms with E-state index in [-0.39, 0.29) is 5.41 Å². The molecule has 0 aliphatic heterocycles. The Morgan fingerprint density at radius 3 is 2.46 bits per heavy atom. The Morgan fingerprint density at radius 2 is 1.92 bits per heavy atom. The van der Waals surface area contributed by atoms with E-state index in [1.807, 2.05) is 0 Å². The van der Waals surface area contributed by atoms with Gasteiger partial charge in [-0.1, -0.05) is 0 Å². The second-order valence-corrected chi connectivity index (χ2v) is 5.78. The minimum atomic E-state index is 0.0914. The highest BCUT2D eigenvalue weighted by Gasteiger charge is 2.55. The zero-order valence-corrected chi connectivity index (χ0v) is 8.75. The first kappa shape index (κ1) is 7.74. The van der Waals surface area contributed by atoms with E-state index in [0.717, 1.165) is 24.8 Å². The smallest absolute Gasteiger partial charge is 0.170 e. The largest absolute Gasteiger partial charge is 0.293 e. The number of thiophene rings is 1. The number of Topliss-reactive ketones (excluding diaryl/α,β-unsaturated/α-hetero) is 1. The Bertz CT molecular complexity index is 410. The van der Waals surface area contributed by atoms with Crippen LogP contribution < -0.4 is 0 Å². The fraction of sp³-hybridized carbons (Fsp3) is 0.545. The van der Waals surface area contributed by atoms with Gasteiger partial charge in [-0.3, -0.25) is 4.79 Å². The van der Waals surface area contributed by atoms with E-state index in [0.29, 0.717) is 5.78 Å². The molecule has 0 atom stereocenters. The fourth-order valence-corrected chi connectivity index (χ4v) is 3.55. The van der Waals surface area contributed by atoms with Crippen molar-refractivity contribution in [2.75, 3.05) is 0 Å². The summed E-state index contributed by atoms with van der Waals surface area (Å²) in [6, 6.07) is 0. The van der Waals surface area contributed by atoms with Crippen LogP contribution in [0.15, 0.2) is 0 Å². The highest BCUT2D eigenvalue weighted by Crippen LogP contribution is 2.57. The maximum atomic E-state index is 12.0. The minimum Gasteiger partial charge on any atom is -0.293 e. The Hall–Kier alpha value is -0.630. The predicted molar refractivity (Wildman–Crippen MR) is 53.5 cm³/mol. The van der Waals surface area contributed by atoms with Crippen molar-refractivity contribution in [2.24, 2.45) is 5.41 Å². The first-order valence-electron chi connectivity index (χ1n) is 4.78. The SMILES string of the molecule is Cc1sc(C)c2c1CC1(CC1)C2=O. The van der Waals surface area contributed by atoms with E-state index < -0.39 is 0 Å². The van der Waals surface area contributed by atoms with Crippen LogP contribution in [0.5, 0.6) is 0 Å². The molecular weight excluding hydrogens is 180 g/mol. The molecule has 0 saturated heterocycles. The number of carbonyl (C=O) groups excluding carboxylic acids is 1. The highest BCUT2D eigenvalue weighted by atomic mass is 32.1. The Balaban J connectivity index is 2.23. The van der Waals surface area contributed by atoms with Gasteiger partial charge in [0.15, 0.2) is 5.78 Å². The van der Waals surface area contributed by atoms with Crippen LogP contribution in [-0.2, 0) is 6.42 Å². The van der Waals surface area contributed by atoms with Gasteiger partial charge >= 0.3 is 0 Å². The molecule has 0 unspecified atom stereocenters. The van der Waals surface area contributed by atoms with Crippen LogP contribution in [0.4, 0.5) is 0 Å². The van der Waals surface area contributed by atoms with Crippen LogP contribution in [-0.4, -0.2) is 5.78 Å². The molecule has 1 nitrogen and oxygen atoms in total. The van der Waals surface area contributed by atoms with Crippen molar-refractivity contribution in [1.82, 2.24) is 0 Å². The van der Waals surface area contributed by atoms with Crippen molar-refractivity contribution < 1.29 is 4.79 Å². The second kappa shape index (κ2) is 2.06. The first-order valence-corrected chi connectivity index (χ1v) is 5.59. The Morgan fingerprint density at radius 1 is 1.23 bits per heavy atom. The molecule has 1 fully saturated rings. The van der Waals surface area contributed by atoms with Gasteiger partial charge in [0.1, 0.15) is 0 Å². The predicted octanol–water partition coefficient (Wildman–Crippen LogP) is 2.88. The molecule has 1 aromatic rings. The lowest BCUT2D eigenvalue weighted by atomic mass is 10.0. The van der Waals surface area contributed by atoms with Crippen LogP contribution >= 0.6 is 11.3 Å². The zero-order valence-electron chi connectivity index (χ0n) is 7.94. The van der Waals surface area contributed by atoms with Gasteiger partial charge in [0, 0.05) is 20.7 Å². The number of hydrogen-bond acceptors (Lipinski definition) is 2. The maximum Gasteiger partial charge on any atom is 0.170 e. The standard InChI is InChI=1S/C11H12OS/c1-6-8-5-11(3-4-11)10(12)9(8)7(2)13-6/h3-5H2,1-2H3. The van der Waals surface area contributed by atoms with Crippen molar-refractivity contribution in [2.45, 2.75) is 33.1 Å². The van der Waals surface area contributed by atoms with Crippen LogP contribution in [0.3, 0.4) is 0 Å². The average Bonchev–Trinajstić information content (AvgIpc) is 2.70. The molecule has 0 amide bonds. The monoisotopic (exact) mass is 192 g/mol. The van der Waals surface area contributed by atoms with Gasteiger partial charge in [-0.05, 0) is 38.7 Å². The average molecular weight is 192 g/mol. The third-order valence-corrected chi connectivity index (χ3v) is 4.53. The molecule has 13 heavy (non-hydrogen) atoms. The Labute approximate surface area is 81.8 Å². The van der Waals surface area contributed by atoms with Crippen molar-refractivity contribution >= 4 is 17.1 Å². The lowest BCUT2D eigenvalue weighted by molar-refractivity contribution is 0.0919. The molecule has 1 saturated carbocycles. The van der Waals surface area contributed by atoms with Gasteiger partial charge in [0.2, 0.25) is 0 Å². The van der Waals surface area contributed by atoms with Gasteiger partial charge in [-0.25, -0.2) is 0 Å². The molecule has 0 radical (unpaired) electrons. The molecule has 0 N–H and O–H groups in total. The van der Waals surface area contributed by atoms with E-state index in [9.17, 15) is 4.79 Å². The minimum absolute atomic E-state index is 0.0914. The molecule has 0 aromatic carbocycles. The van der Waals surface area contributed by atoms with Crippen LogP contribution in [0, 0.1) is 19.3 Å². The zero-order chi connectivity index (χ0) is 9.22. The van der Waals surface area contributed by atoms with Crippen molar-refractivity contribution in [3.05, 3.63) is 20.9 Å². The van der Waals surface area contributed by atoms with E-state index in [2.05, 4.69) is 13.8 Å². The van der Waals surface area contributed by atoms with E-state index >= 15 is 0 Å². The van der Waals surface area contributed by atoms with E-state index in [1.165, 1.54) is 15.3 Å². The van der Waals surface area contributed by atoms with Crippen molar-refractivity contribution in [3.8, 4) is 0 Å². The number of aryl methyl sites for hydroxylation is 2. The summed E-state index contributed by atoms with van der Waals surface area (Å²) in [6.45, 7) is 4.22. The third-order valence-electron chi connectivity index (χ3n) is 3.46. The quantitative estimate of drug-likeness (QED) is 0.617. The highest BCUT2D eigenvalue weighted by molar-refractivity contribution is 7.12. The number of hydrogen-bond donors (Lipinski definition) is 0. The summed E-state index contributed by atoms with van der Waals surface area (Å²) in [6.07, 6.45) is 3.30. The molecule has 2 heteroatoms. The van der Waals surface area contributed by atoms with Gasteiger partial charge in [0.25, 0.3) is 0 Å².